The molecule has 0 spiro atoms. The SMILES string of the molecule is CCCN(C(=O)CCNc1ncc(C(F)(F)F)cc1Cl)C1CCNC1. The molecular weight excluding hydrogens is 357 g/mol. The average Bonchev–Trinajstić information content (AvgIpc) is 3.07. The first-order chi connectivity index (χ1) is 11.8. The average molecular weight is 379 g/mol. The minimum atomic E-state index is -4.49. The van der Waals surface area contributed by atoms with Gasteiger partial charge in [0.25, 0.3) is 0 Å². The van der Waals surface area contributed by atoms with Crippen molar-refractivity contribution >= 4 is 23.3 Å². The molecule has 5 nitrogen and oxygen atoms in total. The van der Waals surface area contributed by atoms with E-state index in [1.54, 1.807) is 0 Å². The van der Waals surface area contributed by atoms with Crippen molar-refractivity contribution in [1.29, 1.82) is 0 Å². The fourth-order valence-corrected chi connectivity index (χ4v) is 3.04. The number of alkyl halides is 3. The van der Waals surface area contributed by atoms with Crippen LogP contribution in [0.3, 0.4) is 0 Å². The molecule has 1 unspecified atom stereocenters. The van der Waals surface area contributed by atoms with Crippen LogP contribution < -0.4 is 10.6 Å². The van der Waals surface area contributed by atoms with E-state index in [4.69, 9.17) is 11.6 Å². The molecule has 1 atom stereocenters. The standard InChI is InChI=1S/C16H22ClF3N4O/c1-2-7-24(12-3-5-21-10-12)14(25)4-6-22-15-13(17)8-11(9-23-15)16(18,19)20/h8-9,12,21H,2-7,10H2,1H3,(H,22,23). The van der Waals surface area contributed by atoms with Gasteiger partial charge < -0.3 is 15.5 Å². The van der Waals surface area contributed by atoms with E-state index in [2.05, 4.69) is 15.6 Å². The number of aromatic nitrogens is 1. The third kappa shape index (κ3) is 5.47. The number of halogens is 4. The highest BCUT2D eigenvalue weighted by Gasteiger charge is 2.31. The Hall–Kier alpha value is -1.54. The molecular formula is C16H22ClF3N4O. The van der Waals surface area contributed by atoms with Gasteiger partial charge in [-0.05, 0) is 25.5 Å². The van der Waals surface area contributed by atoms with Crippen molar-refractivity contribution in [3.8, 4) is 0 Å². The van der Waals surface area contributed by atoms with Crippen LogP contribution in [0.1, 0.15) is 31.7 Å². The number of hydrogen-bond donors (Lipinski definition) is 2. The van der Waals surface area contributed by atoms with Crippen molar-refractivity contribution in [2.24, 2.45) is 0 Å². The highest BCUT2D eigenvalue weighted by molar-refractivity contribution is 6.32. The van der Waals surface area contributed by atoms with Crippen molar-refractivity contribution in [3.63, 3.8) is 0 Å². The number of carbonyl (C=O) groups is 1. The smallest absolute Gasteiger partial charge is 0.368 e. The lowest BCUT2D eigenvalue weighted by Crippen LogP contribution is -2.42. The summed E-state index contributed by atoms with van der Waals surface area (Å²) in [5.41, 5.74) is -0.901. The maximum atomic E-state index is 12.6. The minimum absolute atomic E-state index is 0.0195. The van der Waals surface area contributed by atoms with Gasteiger partial charge in [0, 0.05) is 38.3 Å². The summed E-state index contributed by atoms with van der Waals surface area (Å²) in [7, 11) is 0. The van der Waals surface area contributed by atoms with Gasteiger partial charge in [-0.25, -0.2) is 4.98 Å². The molecule has 0 radical (unpaired) electrons. The Morgan fingerprint density at radius 1 is 1.52 bits per heavy atom. The summed E-state index contributed by atoms with van der Waals surface area (Å²) < 4.78 is 37.8. The molecule has 1 saturated heterocycles. The molecule has 9 heteroatoms. The van der Waals surface area contributed by atoms with E-state index in [0.717, 1.165) is 38.2 Å². The molecule has 1 fully saturated rings. The Morgan fingerprint density at radius 3 is 2.84 bits per heavy atom. The van der Waals surface area contributed by atoms with Gasteiger partial charge in [0.15, 0.2) is 0 Å². The molecule has 1 amide bonds. The number of hydrogen-bond acceptors (Lipinski definition) is 4. The number of carbonyl (C=O) groups excluding carboxylic acids is 1. The fraction of sp³-hybridized carbons (Fsp3) is 0.625. The quantitative estimate of drug-likeness (QED) is 0.765. The maximum absolute atomic E-state index is 12.6. The second-order valence-electron chi connectivity index (χ2n) is 5.96. The molecule has 0 aromatic carbocycles. The van der Waals surface area contributed by atoms with E-state index in [1.807, 2.05) is 11.8 Å². The normalized spacial score (nSPS) is 17.6. The molecule has 2 rings (SSSR count). The lowest BCUT2D eigenvalue weighted by atomic mass is 10.2. The first kappa shape index (κ1) is 19.8. The van der Waals surface area contributed by atoms with Crippen LogP contribution >= 0.6 is 11.6 Å². The third-order valence-corrected chi connectivity index (χ3v) is 4.35. The van der Waals surface area contributed by atoms with Gasteiger partial charge in [-0.15, -0.1) is 0 Å². The number of anilines is 1. The lowest BCUT2D eigenvalue weighted by molar-refractivity contribution is -0.137. The molecule has 1 aromatic heterocycles. The van der Waals surface area contributed by atoms with Crippen molar-refractivity contribution in [2.75, 3.05) is 31.5 Å². The molecule has 2 N–H and O–H groups in total. The van der Waals surface area contributed by atoms with Gasteiger partial charge in [0.1, 0.15) is 5.82 Å². The summed E-state index contributed by atoms with van der Waals surface area (Å²) in [4.78, 5) is 18.0. The Morgan fingerprint density at radius 2 is 2.28 bits per heavy atom. The van der Waals surface area contributed by atoms with Crippen molar-refractivity contribution in [2.45, 2.75) is 38.4 Å². The highest BCUT2D eigenvalue weighted by Crippen LogP contribution is 2.32. The van der Waals surface area contributed by atoms with Gasteiger partial charge in [-0.3, -0.25) is 4.79 Å². The van der Waals surface area contributed by atoms with E-state index in [1.165, 1.54) is 0 Å². The third-order valence-electron chi connectivity index (χ3n) is 4.06. The second-order valence-corrected chi connectivity index (χ2v) is 6.37. The van der Waals surface area contributed by atoms with Crippen LogP contribution in [-0.4, -0.2) is 48.0 Å². The highest BCUT2D eigenvalue weighted by atomic mass is 35.5. The summed E-state index contributed by atoms with van der Waals surface area (Å²) in [5.74, 6) is 0.165. The topological polar surface area (TPSA) is 57.3 Å². The summed E-state index contributed by atoms with van der Waals surface area (Å²) in [6.45, 7) is 4.68. The van der Waals surface area contributed by atoms with E-state index in [0.29, 0.717) is 6.54 Å². The van der Waals surface area contributed by atoms with Gasteiger partial charge in [0.2, 0.25) is 5.91 Å². The van der Waals surface area contributed by atoms with E-state index in [9.17, 15) is 18.0 Å². The molecule has 1 aliphatic heterocycles. The Bertz CT molecular complexity index is 591. The van der Waals surface area contributed by atoms with Crippen molar-refractivity contribution in [3.05, 3.63) is 22.8 Å². The van der Waals surface area contributed by atoms with Gasteiger partial charge in [-0.1, -0.05) is 18.5 Å². The number of pyridine rings is 1. The van der Waals surface area contributed by atoms with E-state index >= 15 is 0 Å². The molecule has 0 aliphatic carbocycles. The Labute approximate surface area is 149 Å². The number of rotatable bonds is 7. The van der Waals surface area contributed by atoms with E-state index < -0.39 is 11.7 Å². The lowest BCUT2D eigenvalue weighted by Gasteiger charge is -2.28. The van der Waals surface area contributed by atoms with Crippen LogP contribution in [0.5, 0.6) is 0 Å². The van der Waals surface area contributed by atoms with Crippen LogP contribution in [-0.2, 0) is 11.0 Å². The molecule has 0 saturated carbocycles. The van der Waals surface area contributed by atoms with E-state index in [-0.39, 0.29) is 35.8 Å². The first-order valence-corrected chi connectivity index (χ1v) is 8.67. The monoisotopic (exact) mass is 378 g/mol. The summed E-state index contributed by atoms with van der Waals surface area (Å²) in [6.07, 6.45) is -1.71. The maximum Gasteiger partial charge on any atom is 0.417 e. The van der Waals surface area contributed by atoms with Crippen LogP contribution in [0.15, 0.2) is 12.3 Å². The van der Waals surface area contributed by atoms with Crippen LogP contribution in [0.25, 0.3) is 0 Å². The van der Waals surface area contributed by atoms with Crippen molar-refractivity contribution < 1.29 is 18.0 Å². The molecule has 25 heavy (non-hydrogen) atoms. The Balaban J connectivity index is 1.89. The van der Waals surface area contributed by atoms with Crippen molar-refractivity contribution in [1.82, 2.24) is 15.2 Å². The number of nitrogens with one attached hydrogen (secondary N) is 2. The largest absolute Gasteiger partial charge is 0.417 e. The molecule has 1 aliphatic rings. The Kier molecular flexibility index (Phi) is 6.89. The van der Waals surface area contributed by atoms with Crippen LogP contribution in [0, 0.1) is 0 Å². The number of amides is 1. The second kappa shape index (κ2) is 8.71. The molecule has 0 bridgehead atoms. The summed E-state index contributed by atoms with van der Waals surface area (Å²) >= 11 is 5.84. The van der Waals surface area contributed by atoms with Gasteiger partial charge >= 0.3 is 6.18 Å². The summed E-state index contributed by atoms with van der Waals surface area (Å²) in [5, 5.41) is 5.96. The molecule has 2 heterocycles. The summed E-state index contributed by atoms with van der Waals surface area (Å²) in [6, 6.07) is 1.03. The zero-order valence-corrected chi connectivity index (χ0v) is 14.8. The molecule has 1 aromatic rings. The van der Waals surface area contributed by atoms with Crippen LogP contribution in [0.2, 0.25) is 5.02 Å². The van der Waals surface area contributed by atoms with Gasteiger partial charge in [0.05, 0.1) is 10.6 Å². The minimum Gasteiger partial charge on any atom is -0.368 e. The van der Waals surface area contributed by atoms with Crippen LogP contribution in [0.4, 0.5) is 19.0 Å². The zero-order chi connectivity index (χ0) is 18.4. The number of nitrogens with zero attached hydrogens (tertiary/aromatic N) is 2. The molecule has 140 valence electrons. The predicted molar refractivity (Wildman–Crippen MR) is 90.6 cm³/mol. The predicted octanol–water partition coefficient (Wildman–Crippen LogP) is 3.16. The van der Waals surface area contributed by atoms with Gasteiger partial charge in [-0.2, -0.15) is 13.2 Å². The first-order valence-electron chi connectivity index (χ1n) is 8.29. The zero-order valence-electron chi connectivity index (χ0n) is 14.0. The fourth-order valence-electron chi connectivity index (χ4n) is 2.81.